The van der Waals surface area contributed by atoms with Crippen molar-refractivity contribution in [3.63, 3.8) is 0 Å². The highest BCUT2D eigenvalue weighted by atomic mass is 16.4. The number of rotatable bonds is 3. The zero-order chi connectivity index (χ0) is 13.8. The number of nitrogens with one attached hydrogen (secondary N) is 1. The highest BCUT2D eigenvalue weighted by molar-refractivity contribution is 6.03. The number of aryl methyl sites for hydroxylation is 1. The molecule has 1 amide bonds. The largest absolute Gasteiger partial charge is 0.478 e. The van der Waals surface area contributed by atoms with Crippen LogP contribution in [0, 0.1) is 6.92 Å². The molecule has 0 aliphatic rings. The van der Waals surface area contributed by atoms with Crippen molar-refractivity contribution < 1.29 is 14.7 Å². The lowest BCUT2D eigenvalue weighted by atomic mass is 10.2. The fourth-order valence-electron chi connectivity index (χ4n) is 1.49. The average Bonchev–Trinajstić information content (AvgIpc) is 2.39. The summed E-state index contributed by atoms with van der Waals surface area (Å²) in [7, 11) is 0. The Morgan fingerprint density at radius 3 is 2.74 bits per heavy atom. The molecule has 6 nitrogen and oxygen atoms in total. The van der Waals surface area contributed by atoms with Gasteiger partial charge in [0.1, 0.15) is 5.69 Å². The zero-order valence-corrected chi connectivity index (χ0v) is 10.1. The number of aromatic nitrogens is 2. The first-order valence-corrected chi connectivity index (χ1v) is 5.49. The van der Waals surface area contributed by atoms with E-state index in [4.69, 9.17) is 5.11 Å². The maximum Gasteiger partial charge on any atom is 0.337 e. The quantitative estimate of drug-likeness (QED) is 0.873. The van der Waals surface area contributed by atoms with E-state index in [1.54, 1.807) is 25.1 Å². The van der Waals surface area contributed by atoms with Gasteiger partial charge in [-0.15, -0.1) is 0 Å². The number of amides is 1. The van der Waals surface area contributed by atoms with Crippen molar-refractivity contribution in [3.05, 3.63) is 53.6 Å². The van der Waals surface area contributed by atoms with Crippen molar-refractivity contribution in [2.75, 3.05) is 5.32 Å². The van der Waals surface area contributed by atoms with E-state index in [1.807, 2.05) is 0 Å². The lowest BCUT2D eigenvalue weighted by molar-refractivity contribution is 0.0696. The van der Waals surface area contributed by atoms with Gasteiger partial charge >= 0.3 is 5.97 Å². The fourth-order valence-corrected chi connectivity index (χ4v) is 1.49. The van der Waals surface area contributed by atoms with Crippen molar-refractivity contribution >= 4 is 17.6 Å². The molecule has 19 heavy (non-hydrogen) atoms. The Morgan fingerprint density at radius 1 is 1.26 bits per heavy atom. The maximum absolute atomic E-state index is 11.9. The number of carboxylic acid groups (broad SMARTS) is 1. The third-order valence-corrected chi connectivity index (χ3v) is 2.36. The molecule has 0 fully saturated rings. The maximum atomic E-state index is 11.9. The summed E-state index contributed by atoms with van der Waals surface area (Å²) in [4.78, 5) is 30.5. The van der Waals surface area contributed by atoms with E-state index in [9.17, 15) is 9.59 Å². The first kappa shape index (κ1) is 12.7. The molecule has 0 bridgehead atoms. The molecule has 2 N–H and O–H groups in total. The molecule has 2 aromatic rings. The molecule has 0 saturated heterocycles. The second kappa shape index (κ2) is 5.26. The number of nitrogens with zero attached hydrogens (tertiary/aromatic N) is 2. The molecule has 0 aromatic carbocycles. The lowest BCUT2D eigenvalue weighted by Crippen LogP contribution is -2.14. The zero-order valence-electron chi connectivity index (χ0n) is 10.1. The minimum atomic E-state index is -1.10. The molecular formula is C13H11N3O3. The molecule has 0 aliphatic carbocycles. The van der Waals surface area contributed by atoms with Crippen molar-refractivity contribution in [2.45, 2.75) is 6.92 Å². The summed E-state index contributed by atoms with van der Waals surface area (Å²) in [6.07, 6.45) is 2.59. The van der Waals surface area contributed by atoms with E-state index in [-0.39, 0.29) is 11.3 Å². The first-order chi connectivity index (χ1) is 9.06. The van der Waals surface area contributed by atoms with Crippen molar-refractivity contribution in [3.8, 4) is 0 Å². The van der Waals surface area contributed by atoms with Gasteiger partial charge in [0.25, 0.3) is 5.91 Å². The first-order valence-electron chi connectivity index (χ1n) is 5.49. The van der Waals surface area contributed by atoms with E-state index in [0.717, 1.165) is 5.69 Å². The molecular weight excluding hydrogens is 246 g/mol. The molecule has 6 heteroatoms. The molecule has 0 atom stereocenters. The van der Waals surface area contributed by atoms with Gasteiger partial charge in [0.2, 0.25) is 0 Å². The SMILES string of the molecule is Cc1cccc(C(=O)Nc2cncc(C(=O)O)c2)n1. The lowest BCUT2D eigenvalue weighted by Gasteiger charge is -2.05. The summed E-state index contributed by atoms with van der Waals surface area (Å²) >= 11 is 0. The molecule has 0 unspecified atom stereocenters. The predicted octanol–water partition coefficient (Wildman–Crippen LogP) is 1.74. The van der Waals surface area contributed by atoms with Gasteiger partial charge in [-0.25, -0.2) is 9.78 Å². The number of carboxylic acids is 1. The van der Waals surface area contributed by atoms with Crippen LogP contribution in [0.2, 0.25) is 0 Å². The standard InChI is InChI=1S/C13H11N3O3/c1-8-3-2-4-11(15-8)12(17)16-10-5-9(13(18)19)6-14-7-10/h2-7H,1H3,(H,16,17)(H,18,19). The third-order valence-electron chi connectivity index (χ3n) is 2.36. The van der Waals surface area contributed by atoms with E-state index < -0.39 is 11.9 Å². The molecule has 2 aromatic heterocycles. The summed E-state index contributed by atoms with van der Waals surface area (Å²) in [5.41, 5.74) is 1.31. The topological polar surface area (TPSA) is 92.2 Å². The van der Waals surface area contributed by atoms with Gasteiger partial charge in [-0.1, -0.05) is 6.07 Å². The van der Waals surface area contributed by atoms with Crippen LogP contribution in [-0.2, 0) is 0 Å². The van der Waals surface area contributed by atoms with Gasteiger partial charge in [-0.3, -0.25) is 9.78 Å². The average molecular weight is 257 g/mol. The molecule has 0 saturated carbocycles. The molecule has 96 valence electrons. The number of pyridine rings is 2. The van der Waals surface area contributed by atoms with Gasteiger partial charge in [0.05, 0.1) is 17.4 Å². The van der Waals surface area contributed by atoms with E-state index in [0.29, 0.717) is 5.69 Å². The smallest absolute Gasteiger partial charge is 0.337 e. The van der Waals surface area contributed by atoms with Crippen LogP contribution < -0.4 is 5.32 Å². The normalized spacial score (nSPS) is 9.95. The van der Waals surface area contributed by atoms with Gasteiger partial charge in [-0.05, 0) is 25.1 Å². The summed E-state index contributed by atoms with van der Waals surface area (Å²) < 4.78 is 0. The number of hydrogen-bond acceptors (Lipinski definition) is 4. The van der Waals surface area contributed by atoms with E-state index in [1.165, 1.54) is 18.5 Å². The Morgan fingerprint density at radius 2 is 2.05 bits per heavy atom. The monoisotopic (exact) mass is 257 g/mol. The predicted molar refractivity (Wildman–Crippen MR) is 68.1 cm³/mol. The summed E-state index contributed by atoms with van der Waals surface area (Å²) in [5, 5.41) is 11.4. The number of anilines is 1. The van der Waals surface area contributed by atoms with Crippen LogP contribution in [0.15, 0.2) is 36.7 Å². The minimum absolute atomic E-state index is 0.00926. The minimum Gasteiger partial charge on any atom is -0.478 e. The Kier molecular flexibility index (Phi) is 3.51. The molecule has 0 radical (unpaired) electrons. The number of carbonyl (C=O) groups excluding carboxylic acids is 1. The molecule has 2 rings (SSSR count). The van der Waals surface area contributed by atoms with Gasteiger partial charge < -0.3 is 10.4 Å². The highest BCUT2D eigenvalue weighted by Gasteiger charge is 2.10. The van der Waals surface area contributed by atoms with Crippen LogP contribution in [0.3, 0.4) is 0 Å². The highest BCUT2D eigenvalue weighted by Crippen LogP contribution is 2.10. The van der Waals surface area contributed by atoms with Crippen LogP contribution in [-0.4, -0.2) is 27.0 Å². The van der Waals surface area contributed by atoms with Crippen molar-refractivity contribution in [1.29, 1.82) is 0 Å². The Bertz CT molecular complexity index is 641. The third kappa shape index (κ3) is 3.12. The number of hydrogen-bond donors (Lipinski definition) is 2. The van der Waals surface area contributed by atoms with E-state index in [2.05, 4.69) is 15.3 Å². The summed E-state index contributed by atoms with van der Waals surface area (Å²) in [6, 6.07) is 6.42. The molecule has 0 aliphatic heterocycles. The number of carbonyl (C=O) groups is 2. The van der Waals surface area contributed by atoms with E-state index >= 15 is 0 Å². The fraction of sp³-hybridized carbons (Fsp3) is 0.0769. The van der Waals surface area contributed by atoms with Crippen LogP contribution >= 0.6 is 0 Å². The Labute approximate surface area is 109 Å². The summed E-state index contributed by atoms with van der Waals surface area (Å²) in [5.74, 6) is -1.51. The van der Waals surface area contributed by atoms with Crippen molar-refractivity contribution in [2.24, 2.45) is 0 Å². The van der Waals surface area contributed by atoms with Crippen LogP contribution in [0.25, 0.3) is 0 Å². The van der Waals surface area contributed by atoms with Crippen LogP contribution in [0.5, 0.6) is 0 Å². The second-order valence-electron chi connectivity index (χ2n) is 3.89. The van der Waals surface area contributed by atoms with Gasteiger partial charge in [-0.2, -0.15) is 0 Å². The van der Waals surface area contributed by atoms with Crippen LogP contribution in [0.4, 0.5) is 5.69 Å². The molecule has 2 heterocycles. The van der Waals surface area contributed by atoms with Crippen LogP contribution in [0.1, 0.15) is 26.5 Å². The van der Waals surface area contributed by atoms with Gasteiger partial charge in [0.15, 0.2) is 0 Å². The second-order valence-corrected chi connectivity index (χ2v) is 3.89. The Balaban J connectivity index is 2.19. The van der Waals surface area contributed by atoms with Gasteiger partial charge in [0, 0.05) is 11.9 Å². The van der Waals surface area contributed by atoms with Crippen molar-refractivity contribution in [1.82, 2.24) is 9.97 Å². The number of aromatic carboxylic acids is 1. The summed E-state index contributed by atoms with van der Waals surface area (Å²) in [6.45, 7) is 1.78. The molecule has 0 spiro atoms. The Hall–Kier alpha value is -2.76.